The monoisotopic (exact) mass is 330 g/mol. The minimum Gasteiger partial charge on any atom is -0.396 e. The maximum Gasteiger partial charge on any atom is 0.170 e. The highest BCUT2D eigenvalue weighted by atomic mass is 32.1. The van der Waals surface area contributed by atoms with Crippen molar-refractivity contribution in [1.29, 1.82) is 0 Å². The Balaban J connectivity index is 2.00. The molecule has 2 aromatic rings. The molecule has 1 fully saturated rings. The lowest BCUT2D eigenvalue weighted by Crippen LogP contribution is -2.31. The molecule has 1 aliphatic rings. The zero-order valence-electron chi connectivity index (χ0n) is 13.2. The Kier molecular flexibility index (Phi) is 4.93. The highest BCUT2D eigenvalue weighted by molar-refractivity contribution is 7.80. The summed E-state index contributed by atoms with van der Waals surface area (Å²) in [5.41, 5.74) is 2.20. The van der Waals surface area contributed by atoms with Crippen molar-refractivity contribution in [2.45, 2.75) is 32.0 Å². The zero-order chi connectivity index (χ0) is 16.2. The van der Waals surface area contributed by atoms with Crippen molar-refractivity contribution in [3.05, 3.63) is 54.1 Å². The molecule has 3 heterocycles. The number of aliphatic hydroxyl groups excluding tert-OH is 1. The van der Waals surface area contributed by atoms with Gasteiger partial charge in [-0.25, -0.2) is 0 Å². The first-order valence-electron chi connectivity index (χ1n) is 8.00. The van der Waals surface area contributed by atoms with Crippen LogP contribution < -0.4 is 5.32 Å². The number of nitrogens with zero attached hydrogens (tertiary/aromatic N) is 3. The number of hydrogen-bond acceptors (Lipinski definition) is 3. The molecule has 6 heteroatoms. The summed E-state index contributed by atoms with van der Waals surface area (Å²) < 4.78 is 2.24. The first kappa shape index (κ1) is 16.0. The van der Waals surface area contributed by atoms with Crippen molar-refractivity contribution in [2.75, 3.05) is 13.2 Å². The van der Waals surface area contributed by atoms with Crippen LogP contribution in [0.3, 0.4) is 0 Å². The molecule has 1 aliphatic heterocycles. The standard InChI is InChI=1S/C17H22N4OS/c1-2-20-10-5-8-14(20)16-15(13-7-3-4-9-18-13)19-17(23)21(16)11-6-12-22/h3-5,7-10,15-16,22H,2,6,11-12H2,1H3,(H,19,23)/t15-,16-/m0/s1. The van der Waals surface area contributed by atoms with Crippen LogP contribution in [0, 0.1) is 0 Å². The van der Waals surface area contributed by atoms with Crippen molar-refractivity contribution < 1.29 is 5.11 Å². The summed E-state index contributed by atoms with van der Waals surface area (Å²) in [5, 5.41) is 13.3. The smallest absolute Gasteiger partial charge is 0.170 e. The summed E-state index contributed by atoms with van der Waals surface area (Å²) in [6, 6.07) is 10.3. The Morgan fingerprint density at radius 2 is 2.17 bits per heavy atom. The average Bonchev–Trinajstić information content (AvgIpc) is 3.17. The summed E-state index contributed by atoms with van der Waals surface area (Å²) in [5.74, 6) is 0. The molecule has 0 radical (unpaired) electrons. The predicted molar refractivity (Wildman–Crippen MR) is 94.0 cm³/mol. The third-order valence-electron chi connectivity index (χ3n) is 4.26. The van der Waals surface area contributed by atoms with E-state index in [9.17, 15) is 5.11 Å². The number of pyridine rings is 1. The third kappa shape index (κ3) is 3.09. The van der Waals surface area contributed by atoms with E-state index in [1.54, 1.807) is 0 Å². The van der Waals surface area contributed by atoms with Crippen LogP contribution in [0.1, 0.15) is 36.8 Å². The van der Waals surface area contributed by atoms with E-state index in [2.05, 4.69) is 45.0 Å². The fourth-order valence-electron chi connectivity index (χ4n) is 3.19. The molecule has 122 valence electrons. The van der Waals surface area contributed by atoms with Crippen LogP contribution in [-0.4, -0.2) is 37.8 Å². The van der Waals surface area contributed by atoms with E-state index in [0.717, 1.165) is 23.9 Å². The summed E-state index contributed by atoms with van der Waals surface area (Å²) in [4.78, 5) is 6.69. The van der Waals surface area contributed by atoms with Crippen LogP contribution in [-0.2, 0) is 6.54 Å². The quantitative estimate of drug-likeness (QED) is 0.796. The summed E-state index contributed by atoms with van der Waals surface area (Å²) in [6.45, 7) is 3.94. The SMILES string of the molecule is CCn1cccc1[C@H]1[C@H](c2ccccn2)NC(=S)N1CCCO. The minimum absolute atomic E-state index is 0.0163. The number of hydrogen-bond donors (Lipinski definition) is 2. The van der Waals surface area contributed by atoms with Gasteiger partial charge < -0.3 is 19.9 Å². The minimum atomic E-state index is 0.0163. The van der Waals surface area contributed by atoms with Gasteiger partial charge in [0.25, 0.3) is 0 Å². The summed E-state index contributed by atoms with van der Waals surface area (Å²) in [7, 11) is 0. The Labute approximate surface area is 142 Å². The van der Waals surface area contributed by atoms with Gasteiger partial charge in [-0.2, -0.15) is 0 Å². The van der Waals surface area contributed by atoms with Crippen molar-refractivity contribution >= 4 is 17.3 Å². The van der Waals surface area contributed by atoms with E-state index in [0.29, 0.717) is 6.42 Å². The van der Waals surface area contributed by atoms with Gasteiger partial charge in [-0.3, -0.25) is 4.98 Å². The van der Waals surface area contributed by atoms with Gasteiger partial charge in [0.2, 0.25) is 0 Å². The maximum absolute atomic E-state index is 9.21. The second-order valence-electron chi connectivity index (χ2n) is 5.62. The maximum atomic E-state index is 9.21. The molecule has 0 aliphatic carbocycles. The number of aryl methyl sites for hydroxylation is 1. The lowest BCUT2D eigenvalue weighted by atomic mass is 10.0. The van der Waals surface area contributed by atoms with Gasteiger partial charge in [-0.15, -0.1) is 0 Å². The second kappa shape index (κ2) is 7.10. The second-order valence-corrected chi connectivity index (χ2v) is 6.00. The van der Waals surface area contributed by atoms with Crippen molar-refractivity contribution in [1.82, 2.24) is 19.8 Å². The van der Waals surface area contributed by atoms with E-state index >= 15 is 0 Å². The van der Waals surface area contributed by atoms with Gasteiger partial charge in [-0.1, -0.05) is 6.07 Å². The van der Waals surface area contributed by atoms with Gasteiger partial charge in [0, 0.05) is 37.8 Å². The Morgan fingerprint density at radius 3 is 2.87 bits per heavy atom. The molecule has 2 aromatic heterocycles. The number of rotatable bonds is 6. The Hall–Kier alpha value is -1.92. The highest BCUT2D eigenvalue weighted by Gasteiger charge is 2.40. The van der Waals surface area contributed by atoms with E-state index in [1.165, 1.54) is 5.69 Å². The molecular weight excluding hydrogens is 308 g/mol. The number of aromatic nitrogens is 2. The fraction of sp³-hybridized carbons (Fsp3) is 0.412. The van der Waals surface area contributed by atoms with Crippen molar-refractivity contribution in [3.63, 3.8) is 0 Å². The Morgan fingerprint density at radius 1 is 1.30 bits per heavy atom. The summed E-state index contributed by atoms with van der Waals surface area (Å²) in [6.07, 6.45) is 4.60. The van der Waals surface area contributed by atoms with Gasteiger partial charge in [0.1, 0.15) is 0 Å². The first-order valence-corrected chi connectivity index (χ1v) is 8.41. The first-order chi connectivity index (χ1) is 11.3. The van der Waals surface area contributed by atoms with Crippen LogP contribution in [0.4, 0.5) is 0 Å². The molecule has 2 atom stereocenters. The van der Waals surface area contributed by atoms with Crippen molar-refractivity contribution in [3.8, 4) is 0 Å². The molecule has 2 N–H and O–H groups in total. The molecule has 23 heavy (non-hydrogen) atoms. The van der Waals surface area contributed by atoms with E-state index in [4.69, 9.17) is 12.2 Å². The van der Waals surface area contributed by atoms with Crippen LogP contribution in [0.5, 0.6) is 0 Å². The molecule has 1 saturated heterocycles. The lowest BCUT2D eigenvalue weighted by molar-refractivity contribution is 0.243. The van der Waals surface area contributed by atoms with Crippen LogP contribution in [0.2, 0.25) is 0 Å². The number of aliphatic hydroxyl groups is 1. The summed E-state index contributed by atoms with van der Waals surface area (Å²) >= 11 is 5.56. The van der Waals surface area contributed by atoms with Crippen LogP contribution in [0.25, 0.3) is 0 Å². The molecule has 0 amide bonds. The molecule has 0 spiro atoms. The number of nitrogens with one attached hydrogen (secondary N) is 1. The Bertz CT molecular complexity index is 658. The van der Waals surface area contributed by atoms with Gasteiger partial charge in [-0.05, 0) is 49.8 Å². The normalized spacial score (nSPS) is 20.8. The molecule has 5 nitrogen and oxygen atoms in total. The van der Waals surface area contributed by atoms with E-state index < -0.39 is 0 Å². The molecule has 0 unspecified atom stereocenters. The predicted octanol–water partition coefficient (Wildman–Crippen LogP) is 2.26. The molecule has 0 saturated carbocycles. The zero-order valence-corrected chi connectivity index (χ0v) is 14.0. The fourth-order valence-corrected chi connectivity index (χ4v) is 3.52. The third-order valence-corrected chi connectivity index (χ3v) is 4.62. The van der Waals surface area contributed by atoms with Gasteiger partial charge in [0.15, 0.2) is 5.11 Å². The van der Waals surface area contributed by atoms with E-state index in [-0.39, 0.29) is 18.7 Å². The van der Waals surface area contributed by atoms with Crippen LogP contribution in [0.15, 0.2) is 42.7 Å². The molecule has 0 bridgehead atoms. The molecular formula is C17H22N4OS. The van der Waals surface area contributed by atoms with Crippen LogP contribution >= 0.6 is 12.2 Å². The number of thiocarbonyl (C=S) groups is 1. The van der Waals surface area contributed by atoms with E-state index in [1.807, 2.05) is 24.4 Å². The highest BCUT2D eigenvalue weighted by Crippen LogP contribution is 2.38. The lowest BCUT2D eigenvalue weighted by Gasteiger charge is -2.28. The topological polar surface area (TPSA) is 53.3 Å². The van der Waals surface area contributed by atoms with Crippen molar-refractivity contribution in [2.24, 2.45) is 0 Å². The van der Waals surface area contributed by atoms with Gasteiger partial charge in [0.05, 0.1) is 17.8 Å². The largest absolute Gasteiger partial charge is 0.396 e. The average molecular weight is 330 g/mol. The molecule has 0 aromatic carbocycles. The van der Waals surface area contributed by atoms with Gasteiger partial charge >= 0.3 is 0 Å². The molecule has 3 rings (SSSR count).